The van der Waals surface area contributed by atoms with E-state index in [1.165, 1.54) is 0 Å². The lowest BCUT2D eigenvalue weighted by Gasteiger charge is -2.28. The molecule has 2 unspecified atom stereocenters. The van der Waals surface area contributed by atoms with Gasteiger partial charge in [0.1, 0.15) is 0 Å². The van der Waals surface area contributed by atoms with E-state index in [1.807, 2.05) is 6.92 Å². The average Bonchev–Trinajstić information content (AvgIpc) is 2.28. The zero-order chi connectivity index (χ0) is 13.1. The fraction of sp³-hybridized carbons (Fsp3) is 0.462. The maximum atomic E-state index is 12.1. The maximum absolute atomic E-state index is 12.1. The van der Waals surface area contributed by atoms with Gasteiger partial charge in [-0.25, -0.2) is 0 Å². The Morgan fingerprint density at radius 1 is 1.44 bits per heavy atom. The minimum atomic E-state index is -0.147. The smallest absolute Gasteiger partial charge is 0.253 e. The molecule has 0 aromatic heterocycles. The molecule has 1 fully saturated rings. The summed E-state index contributed by atoms with van der Waals surface area (Å²) in [5.41, 5.74) is 12.8. The molecule has 0 aliphatic carbocycles. The number of amides is 1. The second-order valence-corrected chi connectivity index (χ2v) is 4.72. The number of nitrogens with one attached hydrogen (secondary N) is 1. The third kappa shape index (κ3) is 2.92. The van der Waals surface area contributed by atoms with Gasteiger partial charge in [-0.1, -0.05) is 0 Å². The molecule has 1 aliphatic heterocycles. The summed E-state index contributed by atoms with van der Waals surface area (Å²) in [6.07, 6.45) is 1.86. The van der Waals surface area contributed by atoms with Crippen LogP contribution < -0.4 is 16.8 Å². The Labute approximate surface area is 106 Å². The number of hydrogen-bond acceptors (Lipinski definition) is 4. The van der Waals surface area contributed by atoms with E-state index in [-0.39, 0.29) is 18.1 Å². The summed E-state index contributed by atoms with van der Waals surface area (Å²) in [5, 5.41) is 2.99. The molecule has 0 spiro atoms. The number of carbonyl (C=O) groups is 1. The highest BCUT2D eigenvalue weighted by atomic mass is 16.5. The lowest BCUT2D eigenvalue weighted by molar-refractivity contribution is 0.0137. The molecule has 98 valence electrons. The number of hydrogen-bond donors (Lipinski definition) is 3. The fourth-order valence-corrected chi connectivity index (χ4v) is 2.18. The highest BCUT2D eigenvalue weighted by Gasteiger charge is 2.22. The summed E-state index contributed by atoms with van der Waals surface area (Å²) < 4.78 is 5.44. The molecular weight excluding hydrogens is 230 g/mol. The SMILES string of the molecule is CC1CC(NC(=O)c2ccc(N)cc2N)CCO1. The van der Waals surface area contributed by atoms with Crippen molar-refractivity contribution in [3.8, 4) is 0 Å². The minimum Gasteiger partial charge on any atom is -0.399 e. The third-order valence-corrected chi connectivity index (χ3v) is 3.14. The quantitative estimate of drug-likeness (QED) is 0.686. The Hall–Kier alpha value is -1.75. The minimum absolute atomic E-state index is 0.147. The van der Waals surface area contributed by atoms with Crippen LogP contribution >= 0.6 is 0 Å². The van der Waals surface area contributed by atoms with Crippen LogP contribution in [0, 0.1) is 0 Å². The van der Waals surface area contributed by atoms with Crippen molar-refractivity contribution in [1.82, 2.24) is 5.32 Å². The van der Waals surface area contributed by atoms with Gasteiger partial charge in [-0.05, 0) is 38.0 Å². The molecule has 0 bridgehead atoms. The van der Waals surface area contributed by atoms with Crippen molar-refractivity contribution < 1.29 is 9.53 Å². The summed E-state index contributed by atoms with van der Waals surface area (Å²) >= 11 is 0. The van der Waals surface area contributed by atoms with Gasteiger partial charge < -0.3 is 21.5 Å². The van der Waals surface area contributed by atoms with Gasteiger partial charge in [-0.15, -0.1) is 0 Å². The van der Waals surface area contributed by atoms with Crippen molar-refractivity contribution in [2.75, 3.05) is 18.1 Å². The van der Waals surface area contributed by atoms with Crippen LogP contribution in [-0.4, -0.2) is 24.7 Å². The lowest BCUT2D eigenvalue weighted by Crippen LogP contribution is -2.41. The van der Waals surface area contributed by atoms with Crippen LogP contribution in [0.3, 0.4) is 0 Å². The molecule has 0 radical (unpaired) electrons. The number of carbonyl (C=O) groups excluding carboxylic acids is 1. The number of benzene rings is 1. The molecule has 1 aliphatic rings. The number of ether oxygens (including phenoxy) is 1. The average molecular weight is 249 g/mol. The van der Waals surface area contributed by atoms with Crippen molar-refractivity contribution >= 4 is 17.3 Å². The topological polar surface area (TPSA) is 90.4 Å². The Kier molecular flexibility index (Phi) is 3.72. The van der Waals surface area contributed by atoms with E-state index in [4.69, 9.17) is 16.2 Å². The number of rotatable bonds is 2. The second kappa shape index (κ2) is 5.27. The van der Waals surface area contributed by atoms with E-state index in [0.717, 1.165) is 12.8 Å². The Morgan fingerprint density at radius 3 is 2.89 bits per heavy atom. The summed E-state index contributed by atoms with van der Waals surface area (Å²) in [6, 6.07) is 5.08. The predicted molar refractivity (Wildman–Crippen MR) is 71.2 cm³/mol. The third-order valence-electron chi connectivity index (χ3n) is 3.14. The molecule has 0 saturated carbocycles. The highest BCUT2D eigenvalue weighted by Crippen LogP contribution is 2.18. The number of nitrogen functional groups attached to an aromatic ring is 2. The zero-order valence-corrected chi connectivity index (χ0v) is 10.5. The first-order chi connectivity index (χ1) is 8.56. The molecular formula is C13H19N3O2. The van der Waals surface area contributed by atoms with Crippen LogP contribution in [-0.2, 0) is 4.74 Å². The van der Waals surface area contributed by atoms with Gasteiger partial charge in [-0.2, -0.15) is 0 Å². The largest absolute Gasteiger partial charge is 0.399 e. The monoisotopic (exact) mass is 249 g/mol. The molecule has 5 heteroatoms. The van der Waals surface area contributed by atoms with E-state index >= 15 is 0 Å². The summed E-state index contributed by atoms with van der Waals surface area (Å²) in [4.78, 5) is 12.1. The molecule has 1 amide bonds. The molecule has 18 heavy (non-hydrogen) atoms. The van der Waals surface area contributed by atoms with E-state index < -0.39 is 0 Å². The molecule has 1 aromatic carbocycles. The Morgan fingerprint density at radius 2 is 2.22 bits per heavy atom. The van der Waals surface area contributed by atoms with Gasteiger partial charge >= 0.3 is 0 Å². The summed E-state index contributed by atoms with van der Waals surface area (Å²) in [7, 11) is 0. The lowest BCUT2D eigenvalue weighted by atomic mass is 10.0. The van der Waals surface area contributed by atoms with E-state index in [2.05, 4.69) is 5.32 Å². The number of nitrogens with two attached hydrogens (primary N) is 2. The molecule has 1 aromatic rings. The Bertz CT molecular complexity index is 448. The fourth-order valence-electron chi connectivity index (χ4n) is 2.18. The van der Waals surface area contributed by atoms with Crippen LogP contribution in [0.2, 0.25) is 0 Å². The van der Waals surface area contributed by atoms with E-state index in [1.54, 1.807) is 18.2 Å². The first kappa shape index (κ1) is 12.7. The molecule has 2 atom stereocenters. The van der Waals surface area contributed by atoms with Crippen molar-refractivity contribution in [2.24, 2.45) is 0 Å². The van der Waals surface area contributed by atoms with Gasteiger partial charge in [0, 0.05) is 24.0 Å². The van der Waals surface area contributed by atoms with Crippen LogP contribution in [0.25, 0.3) is 0 Å². The van der Waals surface area contributed by atoms with Crippen LogP contribution in [0.5, 0.6) is 0 Å². The normalized spacial score (nSPS) is 23.6. The standard InChI is InChI=1S/C13H19N3O2/c1-8-6-10(4-5-18-8)16-13(17)11-3-2-9(14)7-12(11)15/h2-3,7-8,10H,4-6,14-15H2,1H3,(H,16,17). The van der Waals surface area contributed by atoms with Gasteiger partial charge in [0.2, 0.25) is 0 Å². The summed E-state index contributed by atoms with van der Waals surface area (Å²) in [5.74, 6) is -0.147. The van der Waals surface area contributed by atoms with Gasteiger partial charge in [-0.3, -0.25) is 4.79 Å². The summed E-state index contributed by atoms with van der Waals surface area (Å²) in [6.45, 7) is 2.69. The first-order valence-corrected chi connectivity index (χ1v) is 6.13. The van der Waals surface area contributed by atoms with Gasteiger partial charge in [0.05, 0.1) is 11.7 Å². The molecule has 1 heterocycles. The van der Waals surface area contributed by atoms with Gasteiger partial charge in [0.25, 0.3) is 5.91 Å². The van der Waals surface area contributed by atoms with Crippen molar-refractivity contribution in [1.29, 1.82) is 0 Å². The van der Waals surface area contributed by atoms with Crippen molar-refractivity contribution in [3.63, 3.8) is 0 Å². The van der Waals surface area contributed by atoms with E-state index in [9.17, 15) is 4.79 Å². The Balaban J connectivity index is 2.03. The van der Waals surface area contributed by atoms with Crippen LogP contribution in [0.15, 0.2) is 18.2 Å². The number of anilines is 2. The van der Waals surface area contributed by atoms with Crippen LogP contribution in [0.1, 0.15) is 30.1 Å². The molecule has 5 nitrogen and oxygen atoms in total. The molecule has 2 rings (SSSR count). The van der Waals surface area contributed by atoms with Gasteiger partial charge in [0.15, 0.2) is 0 Å². The first-order valence-electron chi connectivity index (χ1n) is 6.13. The highest BCUT2D eigenvalue weighted by molar-refractivity contribution is 5.99. The maximum Gasteiger partial charge on any atom is 0.253 e. The molecule has 5 N–H and O–H groups in total. The zero-order valence-electron chi connectivity index (χ0n) is 10.5. The predicted octanol–water partition coefficient (Wildman–Crippen LogP) is 1.15. The van der Waals surface area contributed by atoms with Crippen LogP contribution in [0.4, 0.5) is 11.4 Å². The molecule has 1 saturated heterocycles. The van der Waals surface area contributed by atoms with Crippen molar-refractivity contribution in [3.05, 3.63) is 23.8 Å². The van der Waals surface area contributed by atoms with Crippen molar-refractivity contribution in [2.45, 2.75) is 31.9 Å². The second-order valence-electron chi connectivity index (χ2n) is 4.72. The van der Waals surface area contributed by atoms with E-state index in [0.29, 0.717) is 23.5 Å².